The molecule has 1 unspecified atom stereocenters. The molecule has 34 heavy (non-hydrogen) atoms. The molecule has 0 N–H and O–H groups in total. The molecular weight excluding hydrogens is 457 g/mol. The van der Waals surface area contributed by atoms with Crippen LogP contribution >= 0.6 is 11.3 Å². The topological polar surface area (TPSA) is 72.7 Å². The molecule has 3 saturated heterocycles. The van der Waals surface area contributed by atoms with Crippen LogP contribution in [0.3, 0.4) is 0 Å². The van der Waals surface area contributed by atoms with Crippen LogP contribution < -0.4 is 4.90 Å². The molecule has 0 bridgehead atoms. The van der Waals surface area contributed by atoms with Gasteiger partial charge in [-0.05, 0) is 38.0 Å². The number of rotatable bonds is 3. The Morgan fingerprint density at radius 3 is 2.76 bits per heavy atom. The van der Waals surface area contributed by atoms with Gasteiger partial charge >= 0.3 is 0 Å². The van der Waals surface area contributed by atoms with E-state index in [2.05, 4.69) is 10.00 Å². The number of benzene rings is 1. The highest BCUT2D eigenvalue weighted by Crippen LogP contribution is 2.36. The minimum atomic E-state index is -0.468. The van der Waals surface area contributed by atoms with E-state index >= 15 is 0 Å². The number of carbonyl (C=O) groups excluding carboxylic acids is 1. The number of carbonyl (C=O) groups is 1. The molecule has 8 nitrogen and oxygen atoms in total. The molecule has 3 aliphatic heterocycles. The number of nitrogens with zero attached hydrogens (tertiary/aromatic N) is 5. The summed E-state index contributed by atoms with van der Waals surface area (Å²) in [6.45, 7) is 6.13. The maximum atomic E-state index is 13.8. The minimum Gasteiger partial charge on any atom is -0.347 e. The zero-order valence-electron chi connectivity index (χ0n) is 19.2. The number of aromatic nitrogens is 3. The molecule has 0 saturated carbocycles. The lowest BCUT2D eigenvalue weighted by Crippen LogP contribution is -2.51. The maximum Gasteiger partial charge on any atom is 0.227 e. The van der Waals surface area contributed by atoms with Gasteiger partial charge in [-0.3, -0.25) is 4.79 Å². The molecule has 10 heteroatoms. The van der Waals surface area contributed by atoms with Crippen molar-refractivity contribution in [1.29, 1.82) is 0 Å². The Kier molecular flexibility index (Phi) is 5.54. The van der Waals surface area contributed by atoms with Crippen LogP contribution in [0.1, 0.15) is 31.4 Å². The number of halogens is 1. The highest BCUT2D eigenvalue weighted by Gasteiger charge is 2.42. The van der Waals surface area contributed by atoms with Crippen molar-refractivity contribution >= 4 is 32.7 Å². The number of fused-ring (bicyclic) bond motifs is 1. The molecule has 3 fully saturated rings. The number of hydrogen-bond acceptors (Lipinski definition) is 7. The van der Waals surface area contributed by atoms with Gasteiger partial charge in [0.1, 0.15) is 5.82 Å². The molecule has 1 spiro atoms. The van der Waals surface area contributed by atoms with Crippen molar-refractivity contribution in [2.75, 3.05) is 44.3 Å². The van der Waals surface area contributed by atoms with Crippen molar-refractivity contribution in [2.45, 2.75) is 38.4 Å². The number of piperidine rings is 2. The van der Waals surface area contributed by atoms with E-state index in [1.807, 2.05) is 17.9 Å². The van der Waals surface area contributed by atoms with Crippen LogP contribution in [0.2, 0.25) is 0 Å². The molecular formula is C24H28FN5O3S. The van der Waals surface area contributed by atoms with Crippen LogP contribution in [-0.2, 0) is 14.3 Å². The first-order valence-electron chi connectivity index (χ1n) is 12.0. The van der Waals surface area contributed by atoms with Crippen molar-refractivity contribution in [2.24, 2.45) is 5.92 Å². The van der Waals surface area contributed by atoms with Crippen LogP contribution in [-0.4, -0.2) is 70.8 Å². The third-order valence-electron chi connectivity index (χ3n) is 7.12. The zero-order valence-corrected chi connectivity index (χ0v) is 20.0. The number of likely N-dealkylation sites (tertiary alicyclic amines) is 1. The van der Waals surface area contributed by atoms with E-state index in [4.69, 9.17) is 14.5 Å². The van der Waals surface area contributed by atoms with Gasteiger partial charge in [0.25, 0.3) is 0 Å². The largest absolute Gasteiger partial charge is 0.347 e. The van der Waals surface area contributed by atoms with Gasteiger partial charge in [0.15, 0.2) is 16.6 Å². The van der Waals surface area contributed by atoms with Gasteiger partial charge < -0.3 is 19.3 Å². The van der Waals surface area contributed by atoms with Crippen molar-refractivity contribution in [3.63, 3.8) is 0 Å². The first kappa shape index (κ1) is 21.9. The van der Waals surface area contributed by atoms with Crippen LogP contribution in [0, 0.1) is 18.7 Å². The molecule has 3 aliphatic rings. The number of ether oxygens (including phenoxy) is 2. The van der Waals surface area contributed by atoms with Gasteiger partial charge in [0.05, 0.1) is 35.2 Å². The van der Waals surface area contributed by atoms with E-state index in [0.717, 1.165) is 53.4 Å². The predicted molar refractivity (Wildman–Crippen MR) is 127 cm³/mol. The van der Waals surface area contributed by atoms with E-state index < -0.39 is 5.79 Å². The van der Waals surface area contributed by atoms with Crippen molar-refractivity contribution in [3.8, 4) is 5.69 Å². The van der Waals surface area contributed by atoms with Crippen molar-refractivity contribution in [3.05, 3.63) is 35.8 Å². The van der Waals surface area contributed by atoms with E-state index in [-0.39, 0.29) is 17.6 Å². The Bertz CT molecular complexity index is 1210. The predicted octanol–water partition coefficient (Wildman–Crippen LogP) is 3.51. The number of thiazole rings is 1. The molecule has 180 valence electrons. The Hall–Kier alpha value is -2.56. The van der Waals surface area contributed by atoms with E-state index in [9.17, 15) is 9.18 Å². The Balaban J connectivity index is 1.19. The lowest BCUT2D eigenvalue weighted by Gasteiger charge is -2.40. The van der Waals surface area contributed by atoms with Gasteiger partial charge in [0.2, 0.25) is 5.91 Å². The highest BCUT2D eigenvalue weighted by molar-refractivity contribution is 7.22. The van der Waals surface area contributed by atoms with Gasteiger partial charge in [-0.15, -0.1) is 0 Å². The fourth-order valence-corrected chi connectivity index (χ4v) is 6.33. The number of aryl methyl sites for hydroxylation is 1. The van der Waals surface area contributed by atoms with Gasteiger partial charge in [-0.2, -0.15) is 10.1 Å². The monoisotopic (exact) mass is 485 g/mol. The molecule has 1 amide bonds. The van der Waals surface area contributed by atoms with Gasteiger partial charge in [-0.25, -0.2) is 9.07 Å². The quantitative estimate of drug-likeness (QED) is 0.565. The first-order valence-corrected chi connectivity index (χ1v) is 12.8. The number of amides is 1. The molecule has 5 heterocycles. The number of hydrogen-bond donors (Lipinski definition) is 0. The third-order valence-corrected chi connectivity index (χ3v) is 8.34. The normalized spacial score (nSPS) is 22.7. The molecule has 1 atom stereocenters. The van der Waals surface area contributed by atoms with E-state index in [1.165, 1.54) is 12.1 Å². The summed E-state index contributed by atoms with van der Waals surface area (Å²) in [6.07, 6.45) is 3.32. The molecule has 2 aromatic heterocycles. The molecule has 0 aliphatic carbocycles. The lowest BCUT2D eigenvalue weighted by molar-refractivity contribution is -0.188. The average molecular weight is 486 g/mol. The summed E-state index contributed by atoms with van der Waals surface area (Å²) in [7, 11) is 0. The maximum absolute atomic E-state index is 13.8. The average Bonchev–Trinajstić information content (AvgIpc) is 3.57. The summed E-state index contributed by atoms with van der Waals surface area (Å²) >= 11 is 1.59. The van der Waals surface area contributed by atoms with Crippen LogP contribution in [0.15, 0.2) is 24.3 Å². The fourth-order valence-electron chi connectivity index (χ4n) is 5.31. The molecule has 3 aromatic rings. The summed E-state index contributed by atoms with van der Waals surface area (Å²) in [5.41, 5.74) is 2.25. The smallest absolute Gasteiger partial charge is 0.227 e. The van der Waals surface area contributed by atoms with E-state index in [1.54, 1.807) is 22.1 Å². The zero-order chi connectivity index (χ0) is 23.3. The standard InChI is InChI=1S/C24H28FN5O3S/c1-16-20-21(30(27-16)19-6-2-5-18(25)14-19)26-23(34-20)29-9-3-4-17(15-29)22(31)28-10-7-24(8-11-28)32-12-13-33-24/h2,5-6,14,17H,3-4,7-13,15H2,1H3. The number of anilines is 1. The summed E-state index contributed by atoms with van der Waals surface area (Å²) in [5.74, 6) is -0.591. The Labute approximate surface area is 201 Å². The van der Waals surface area contributed by atoms with Gasteiger partial charge in [-0.1, -0.05) is 17.4 Å². The summed E-state index contributed by atoms with van der Waals surface area (Å²) in [4.78, 5) is 22.4. The summed E-state index contributed by atoms with van der Waals surface area (Å²) in [6, 6.07) is 6.39. The SMILES string of the molecule is Cc1nn(-c2cccc(F)c2)c2nc(N3CCCC(C(=O)N4CCC5(CC4)OCCO5)C3)sc12. The second-order valence-electron chi connectivity index (χ2n) is 9.34. The third kappa shape index (κ3) is 3.87. The molecule has 6 rings (SSSR count). The fraction of sp³-hybridized carbons (Fsp3) is 0.542. The van der Waals surface area contributed by atoms with Crippen molar-refractivity contribution < 1.29 is 18.7 Å². The second kappa shape index (κ2) is 8.58. The Morgan fingerprint density at radius 1 is 1.21 bits per heavy atom. The summed E-state index contributed by atoms with van der Waals surface area (Å²) in [5, 5.41) is 5.47. The van der Waals surface area contributed by atoms with Gasteiger partial charge in [0, 0.05) is 39.0 Å². The Morgan fingerprint density at radius 2 is 2.00 bits per heavy atom. The van der Waals surface area contributed by atoms with Crippen molar-refractivity contribution in [1.82, 2.24) is 19.7 Å². The first-order chi connectivity index (χ1) is 16.5. The minimum absolute atomic E-state index is 0.0407. The summed E-state index contributed by atoms with van der Waals surface area (Å²) < 4.78 is 28.1. The highest BCUT2D eigenvalue weighted by atomic mass is 32.1. The van der Waals surface area contributed by atoms with Crippen LogP contribution in [0.4, 0.5) is 9.52 Å². The molecule has 1 aromatic carbocycles. The lowest BCUT2D eigenvalue weighted by atomic mass is 9.95. The van der Waals surface area contributed by atoms with Crippen LogP contribution in [0.5, 0.6) is 0 Å². The molecule has 0 radical (unpaired) electrons. The second-order valence-corrected chi connectivity index (χ2v) is 10.3. The van der Waals surface area contributed by atoms with E-state index in [0.29, 0.717) is 38.5 Å². The van der Waals surface area contributed by atoms with Crippen LogP contribution in [0.25, 0.3) is 16.0 Å².